The number of aromatic nitrogens is 2. The van der Waals surface area contributed by atoms with Crippen molar-refractivity contribution in [3.63, 3.8) is 0 Å². The van der Waals surface area contributed by atoms with Crippen LogP contribution in [0.1, 0.15) is 31.2 Å². The van der Waals surface area contributed by atoms with Gasteiger partial charge in [-0.1, -0.05) is 36.7 Å². The second-order valence-electron chi connectivity index (χ2n) is 10.6. The summed E-state index contributed by atoms with van der Waals surface area (Å²) in [6.07, 6.45) is 0.601. The number of ether oxygens (including phenoxy) is 2. The highest BCUT2D eigenvalue weighted by Crippen LogP contribution is 2.39. The van der Waals surface area contributed by atoms with Gasteiger partial charge in [0.15, 0.2) is 11.5 Å². The summed E-state index contributed by atoms with van der Waals surface area (Å²) in [5, 5.41) is 28.8. The van der Waals surface area contributed by atoms with E-state index in [2.05, 4.69) is 20.6 Å². The fourth-order valence-electron chi connectivity index (χ4n) is 4.59. The minimum Gasteiger partial charge on any atom is -0.492 e. The zero-order chi connectivity index (χ0) is 33.9. The van der Waals surface area contributed by atoms with Crippen LogP contribution < -0.4 is 20.1 Å². The molecule has 2 aromatic heterocycles. The molecule has 4 N–H and O–H groups in total. The van der Waals surface area contributed by atoms with E-state index in [4.69, 9.17) is 26.2 Å². The van der Waals surface area contributed by atoms with Crippen molar-refractivity contribution in [2.45, 2.75) is 38.6 Å². The number of carbonyl (C=O) groups excluding carboxylic acids is 2. The van der Waals surface area contributed by atoms with Crippen LogP contribution in [0.5, 0.6) is 11.5 Å². The van der Waals surface area contributed by atoms with Gasteiger partial charge >= 0.3 is 11.9 Å². The molecule has 1 unspecified atom stereocenters. The van der Waals surface area contributed by atoms with Crippen molar-refractivity contribution in [1.29, 1.82) is 0 Å². The van der Waals surface area contributed by atoms with Crippen LogP contribution in [-0.4, -0.2) is 70.2 Å². The first-order valence-corrected chi connectivity index (χ1v) is 16.6. The summed E-state index contributed by atoms with van der Waals surface area (Å²) >= 11 is 8.76. The number of hydrogen-bond donors (Lipinski definition) is 4. The highest BCUT2D eigenvalue weighted by molar-refractivity contribution is 7.13. The maximum Gasteiger partial charge on any atom is 0.326 e. The first-order valence-electron chi connectivity index (χ1n) is 14.5. The van der Waals surface area contributed by atoms with Gasteiger partial charge in [0.25, 0.3) is 0 Å². The highest BCUT2D eigenvalue weighted by Gasteiger charge is 2.24. The summed E-state index contributed by atoms with van der Waals surface area (Å²) in [7, 11) is 1.51. The van der Waals surface area contributed by atoms with Crippen molar-refractivity contribution in [2.24, 2.45) is 5.92 Å². The summed E-state index contributed by atoms with van der Waals surface area (Å²) in [5.41, 5.74) is 2.53. The van der Waals surface area contributed by atoms with Crippen LogP contribution in [-0.2, 0) is 32.0 Å². The molecule has 0 fully saturated rings. The Bertz CT molecular complexity index is 1730. The lowest BCUT2D eigenvalue weighted by atomic mass is 9.98. The van der Waals surface area contributed by atoms with Gasteiger partial charge in [0.05, 0.1) is 43.5 Å². The number of aliphatic carboxylic acids is 2. The number of nitrogens with one attached hydrogen (secondary N) is 2. The molecule has 0 aliphatic heterocycles. The van der Waals surface area contributed by atoms with Crippen molar-refractivity contribution in [1.82, 2.24) is 20.6 Å². The molecule has 0 saturated heterocycles. The molecular weight excluding hydrogens is 668 g/mol. The molecule has 15 heteroatoms. The molecule has 248 valence electrons. The van der Waals surface area contributed by atoms with Crippen LogP contribution in [0.3, 0.4) is 0 Å². The third kappa shape index (κ3) is 10.5. The molecule has 4 rings (SSSR count). The lowest BCUT2D eigenvalue weighted by Gasteiger charge is -2.19. The van der Waals surface area contributed by atoms with Gasteiger partial charge in [0.1, 0.15) is 22.6 Å². The van der Waals surface area contributed by atoms with Gasteiger partial charge in [0.2, 0.25) is 11.8 Å². The number of carbonyl (C=O) groups is 4. The Morgan fingerprint density at radius 2 is 1.64 bits per heavy atom. The molecule has 2 amide bonds. The second kappa shape index (κ2) is 16.9. The molecule has 2 heterocycles. The molecule has 2 aromatic carbocycles. The first-order chi connectivity index (χ1) is 22.5. The Balaban J connectivity index is 1.29. The average Bonchev–Trinajstić information content (AvgIpc) is 3.69. The van der Waals surface area contributed by atoms with Crippen molar-refractivity contribution in [3.05, 3.63) is 69.6 Å². The van der Waals surface area contributed by atoms with E-state index in [9.17, 15) is 24.3 Å². The Hall–Kier alpha value is -4.53. The molecular formula is C32H33ClN4O8S2. The van der Waals surface area contributed by atoms with E-state index in [1.807, 2.05) is 25.1 Å². The van der Waals surface area contributed by atoms with E-state index < -0.39 is 36.3 Å². The number of thiazole rings is 2. The number of carboxylic acid groups (broad SMARTS) is 2. The van der Waals surface area contributed by atoms with E-state index in [0.29, 0.717) is 44.9 Å². The number of para-hydroxylation sites is 1. The Morgan fingerprint density at radius 3 is 2.32 bits per heavy atom. The number of hydrogen-bond acceptors (Lipinski definition) is 10. The van der Waals surface area contributed by atoms with Gasteiger partial charge < -0.3 is 30.3 Å². The van der Waals surface area contributed by atoms with Gasteiger partial charge in [-0.3, -0.25) is 14.4 Å². The largest absolute Gasteiger partial charge is 0.492 e. The van der Waals surface area contributed by atoms with Gasteiger partial charge in [-0.2, -0.15) is 0 Å². The van der Waals surface area contributed by atoms with Crippen molar-refractivity contribution < 1.29 is 38.9 Å². The maximum absolute atomic E-state index is 12.7. The van der Waals surface area contributed by atoms with Crippen LogP contribution in [0.2, 0.25) is 5.02 Å². The summed E-state index contributed by atoms with van der Waals surface area (Å²) in [4.78, 5) is 56.4. The summed E-state index contributed by atoms with van der Waals surface area (Å²) in [5.74, 6) is -2.32. The minimum atomic E-state index is -1.13. The van der Waals surface area contributed by atoms with Crippen LogP contribution in [0, 0.1) is 5.92 Å². The average molecular weight is 701 g/mol. The third-order valence-corrected chi connectivity index (χ3v) is 8.95. The third-order valence-electron chi connectivity index (χ3n) is 6.85. The summed E-state index contributed by atoms with van der Waals surface area (Å²) < 4.78 is 11.6. The number of rotatable bonds is 17. The number of halogens is 1. The highest BCUT2D eigenvalue weighted by atomic mass is 35.5. The Labute approximate surface area is 283 Å². The fourth-order valence-corrected chi connectivity index (χ4v) is 6.43. The van der Waals surface area contributed by atoms with E-state index in [1.165, 1.54) is 29.8 Å². The van der Waals surface area contributed by atoms with Gasteiger partial charge in [0, 0.05) is 21.3 Å². The van der Waals surface area contributed by atoms with Gasteiger partial charge in [-0.05, 0) is 43.0 Å². The lowest BCUT2D eigenvalue weighted by molar-refractivity contribution is -0.142. The van der Waals surface area contributed by atoms with E-state index in [1.54, 1.807) is 35.0 Å². The number of amides is 2. The molecule has 2 atom stereocenters. The normalized spacial score (nSPS) is 12.1. The molecule has 47 heavy (non-hydrogen) atoms. The number of methoxy groups -OCH3 is 1. The Kier molecular flexibility index (Phi) is 12.7. The zero-order valence-corrected chi connectivity index (χ0v) is 27.9. The SMILES string of the molecule is COc1c(OCCC(C)C[C@H](NC(=O)Cc2csc(-c3cccc(Cl)c3)n2)C(=O)O)cccc1-c1nc(CC(=O)NCC(=O)O)cs1. The van der Waals surface area contributed by atoms with Crippen LogP contribution >= 0.6 is 34.3 Å². The first kappa shape index (κ1) is 35.3. The van der Waals surface area contributed by atoms with Crippen molar-refractivity contribution in [3.8, 4) is 32.6 Å². The molecule has 0 radical (unpaired) electrons. The monoisotopic (exact) mass is 700 g/mol. The van der Waals surface area contributed by atoms with E-state index in [0.717, 1.165) is 10.6 Å². The second-order valence-corrected chi connectivity index (χ2v) is 12.7. The smallest absolute Gasteiger partial charge is 0.326 e. The quantitative estimate of drug-likeness (QED) is 0.118. The number of benzene rings is 2. The molecule has 0 aliphatic rings. The summed E-state index contributed by atoms with van der Waals surface area (Å²) in [6, 6.07) is 11.5. The minimum absolute atomic E-state index is 0.0486. The number of carboxylic acids is 2. The molecule has 0 aliphatic carbocycles. The van der Waals surface area contributed by atoms with Gasteiger partial charge in [-0.15, -0.1) is 22.7 Å². The fraction of sp³-hybridized carbons (Fsp3) is 0.312. The topological polar surface area (TPSA) is 177 Å². The van der Waals surface area contributed by atoms with Gasteiger partial charge in [-0.25, -0.2) is 14.8 Å². The van der Waals surface area contributed by atoms with Crippen LogP contribution in [0.4, 0.5) is 0 Å². The van der Waals surface area contributed by atoms with Crippen LogP contribution in [0.15, 0.2) is 53.2 Å². The van der Waals surface area contributed by atoms with E-state index >= 15 is 0 Å². The molecule has 4 aromatic rings. The van der Waals surface area contributed by atoms with Crippen molar-refractivity contribution in [2.75, 3.05) is 20.3 Å². The van der Waals surface area contributed by atoms with E-state index in [-0.39, 0.29) is 31.8 Å². The van der Waals surface area contributed by atoms with Crippen molar-refractivity contribution >= 4 is 58.0 Å². The van der Waals surface area contributed by atoms with Crippen LogP contribution in [0.25, 0.3) is 21.1 Å². The summed E-state index contributed by atoms with van der Waals surface area (Å²) in [6.45, 7) is 1.69. The molecule has 0 saturated carbocycles. The molecule has 12 nitrogen and oxygen atoms in total. The Morgan fingerprint density at radius 1 is 0.957 bits per heavy atom. The maximum atomic E-state index is 12.7. The predicted molar refractivity (Wildman–Crippen MR) is 178 cm³/mol. The zero-order valence-electron chi connectivity index (χ0n) is 25.5. The number of nitrogens with zero attached hydrogens (tertiary/aromatic N) is 2. The lowest BCUT2D eigenvalue weighted by Crippen LogP contribution is -2.42. The predicted octanol–water partition coefficient (Wildman–Crippen LogP) is 4.95. The molecule has 0 spiro atoms. The molecule has 0 bridgehead atoms. The standard InChI is InChI=1S/C32H33ClN4O8S2/c1-18(11-24(32(42)43)37-27(39)14-22-16-46-30(35-22)19-5-3-6-20(33)12-19)9-10-45-25-8-4-7-23(29(25)44-2)31-36-21(17-47-31)13-26(38)34-15-28(40)41/h3-8,12,16-18,24H,9-11,13-15H2,1-2H3,(H,34,38)(H,37,39)(H,40,41)(H,42,43)/t18?,24-/m0/s1.